The summed E-state index contributed by atoms with van der Waals surface area (Å²) in [6, 6.07) is 0. The molecule has 0 amide bonds. The molecule has 4 heteroatoms. The van der Waals surface area contributed by atoms with Gasteiger partial charge in [0.15, 0.2) is 0 Å². The maximum absolute atomic E-state index is 5.83. The highest BCUT2D eigenvalue weighted by atomic mass is 16.5. The van der Waals surface area contributed by atoms with Gasteiger partial charge in [0, 0.05) is 6.54 Å². The molecule has 2 rings (SSSR count). The van der Waals surface area contributed by atoms with Crippen molar-refractivity contribution in [3.8, 4) is 5.88 Å². The Hall–Kier alpha value is -1.32. The lowest BCUT2D eigenvalue weighted by molar-refractivity contribution is 0.216. The summed E-state index contributed by atoms with van der Waals surface area (Å²) in [6.07, 6.45) is 7.76. The molecule has 0 radical (unpaired) electrons. The summed E-state index contributed by atoms with van der Waals surface area (Å²) in [6.45, 7) is 5.82. The minimum Gasteiger partial charge on any atom is -0.477 e. The molecule has 1 aliphatic rings. The molecule has 100 valence electrons. The predicted octanol–water partition coefficient (Wildman–Crippen LogP) is 3.04. The number of ether oxygens (including phenoxy) is 1. The molecule has 0 bridgehead atoms. The van der Waals surface area contributed by atoms with Crippen LogP contribution >= 0.6 is 0 Å². The van der Waals surface area contributed by atoms with Crippen LogP contribution < -0.4 is 10.1 Å². The van der Waals surface area contributed by atoms with Crippen molar-refractivity contribution in [3.05, 3.63) is 11.9 Å². The highest BCUT2D eigenvalue weighted by molar-refractivity contribution is 5.48. The Morgan fingerprint density at radius 3 is 2.78 bits per heavy atom. The first-order valence-corrected chi connectivity index (χ1v) is 7.05. The summed E-state index contributed by atoms with van der Waals surface area (Å²) in [7, 11) is 0. The molecule has 1 heterocycles. The Bertz CT molecular complexity index is 377. The van der Waals surface area contributed by atoms with Crippen LogP contribution in [0.15, 0.2) is 6.33 Å². The first-order valence-electron chi connectivity index (χ1n) is 7.05. The second-order valence-electron chi connectivity index (χ2n) is 4.82. The van der Waals surface area contributed by atoms with Crippen molar-refractivity contribution in [2.24, 2.45) is 5.92 Å². The van der Waals surface area contributed by atoms with E-state index in [1.165, 1.54) is 19.3 Å². The molecule has 0 atom stereocenters. The SMILES string of the molecule is CCNc1ncnc(OCCC2CCC2)c1CC. The van der Waals surface area contributed by atoms with Crippen LogP contribution in [0.2, 0.25) is 0 Å². The number of hydrogen-bond donors (Lipinski definition) is 1. The van der Waals surface area contributed by atoms with Gasteiger partial charge in [0.25, 0.3) is 0 Å². The summed E-state index contributed by atoms with van der Waals surface area (Å²) in [5.41, 5.74) is 1.09. The average molecular weight is 249 g/mol. The highest BCUT2D eigenvalue weighted by Crippen LogP contribution is 2.30. The zero-order valence-electron chi connectivity index (χ0n) is 11.4. The molecule has 1 aliphatic carbocycles. The molecule has 1 aromatic rings. The molecule has 1 fully saturated rings. The number of aromatic nitrogens is 2. The molecule has 0 saturated heterocycles. The largest absolute Gasteiger partial charge is 0.477 e. The number of hydrogen-bond acceptors (Lipinski definition) is 4. The van der Waals surface area contributed by atoms with E-state index < -0.39 is 0 Å². The third-order valence-electron chi connectivity index (χ3n) is 3.59. The van der Waals surface area contributed by atoms with Gasteiger partial charge in [0.05, 0.1) is 12.2 Å². The van der Waals surface area contributed by atoms with E-state index in [9.17, 15) is 0 Å². The summed E-state index contributed by atoms with van der Waals surface area (Å²) in [4.78, 5) is 8.53. The molecule has 0 aliphatic heterocycles. The lowest BCUT2D eigenvalue weighted by Gasteiger charge is -2.25. The fraction of sp³-hybridized carbons (Fsp3) is 0.714. The topological polar surface area (TPSA) is 47.0 Å². The van der Waals surface area contributed by atoms with E-state index in [0.717, 1.165) is 49.2 Å². The van der Waals surface area contributed by atoms with Crippen molar-refractivity contribution in [3.63, 3.8) is 0 Å². The van der Waals surface area contributed by atoms with Crippen LogP contribution in [0.4, 0.5) is 5.82 Å². The van der Waals surface area contributed by atoms with Crippen molar-refractivity contribution < 1.29 is 4.74 Å². The predicted molar refractivity (Wildman–Crippen MR) is 73.0 cm³/mol. The van der Waals surface area contributed by atoms with Crippen LogP contribution in [-0.4, -0.2) is 23.1 Å². The van der Waals surface area contributed by atoms with Gasteiger partial charge in [-0.3, -0.25) is 0 Å². The number of anilines is 1. The van der Waals surface area contributed by atoms with Gasteiger partial charge < -0.3 is 10.1 Å². The summed E-state index contributed by atoms with van der Waals surface area (Å²) >= 11 is 0. The fourth-order valence-corrected chi connectivity index (χ4v) is 2.26. The van der Waals surface area contributed by atoms with Crippen LogP contribution in [0, 0.1) is 5.92 Å². The van der Waals surface area contributed by atoms with Crippen LogP contribution in [0.3, 0.4) is 0 Å². The van der Waals surface area contributed by atoms with Gasteiger partial charge in [-0.2, -0.15) is 0 Å². The van der Waals surface area contributed by atoms with E-state index >= 15 is 0 Å². The van der Waals surface area contributed by atoms with E-state index in [1.807, 2.05) is 0 Å². The number of nitrogens with zero attached hydrogens (tertiary/aromatic N) is 2. The summed E-state index contributed by atoms with van der Waals surface area (Å²) in [5.74, 6) is 2.54. The maximum Gasteiger partial charge on any atom is 0.221 e. The minimum absolute atomic E-state index is 0.753. The lowest BCUT2D eigenvalue weighted by Crippen LogP contribution is -2.15. The van der Waals surface area contributed by atoms with Crippen molar-refractivity contribution >= 4 is 5.82 Å². The van der Waals surface area contributed by atoms with Gasteiger partial charge >= 0.3 is 0 Å². The molecule has 0 unspecified atom stereocenters. The number of nitrogens with one attached hydrogen (secondary N) is 1. The molecule has 0 aromatic carbocycles. The third kappa shape index (κ3) is 3.12. The number of rotatable bonds is 7. The van der Waals surface area contributed by atoms with Crippen molar-refractivity contribution in [1.29, 1.82) is 0 Å². The van der Waals surface area contributed by atoms with Crippen molar-refractivity contribution in [2.75, 3.05) is 18.5 Å². The molecule has 1 aromatic heterocycles. The summed E-state index contributed by atoms with van der Waals surface area (Å²) < 4.78 is 5.83. The Morgan fingerprint density at radius 2 is 2.17 bits per heavy atom. The maximum atomic E-state index is 5.83. The fourth-order valence-electron chi connectivity index (χ4n) is 2.26. The minimum atomic E-state index is 0.753. The molecule has 18 heavy (non-hydrogen) atoms. The van der Waals surface area contributed by atoms with Gasteiger partial charge in [-0.05, 0) is 25.7 Å². The van der Waals surface area contributed by atoms with Gasteiger partial charge in [-0.25, -0.2) is 9.97 Å². The van der Waals surface area contributed by atoms with Crippen LogP contribution in [-0.2, 0) is 6.42 Å². The standard InChI is InChI=1S/C14H23N3O/c1-3-12-13(15-4-2)16-10-17-14(12)18-9-8-11-6-5-7-11/h10-11H,3-9H2,1-2H3,(H,15,16,17). The van der Waals surface area contributed by atoms with Gasteiger partial charge in [0.1, 0.15) is 12.1 Å². The summed E-state index contributed by atoms with van der Waals surface area (Å²) in [5, 5.41) is 3.26. The Balaban J connectivity index is 1.94. The second-order valence-corrected chi connectivity index (χ2v) is 4.82. The monoisotopic (exact) mass is 249 g/mol. The van der Waals surface area contributed by atoms with Gasteiger partial charge in [-0.15, -0.1) is 0 Å². The van der Waals surface area contributed by atoms with Crippen LogP contribution in [0.25, 0.3) is 0 Å². The average Bonchev–Trinajstić information content (AvgIpc) is 2.33. The smallest absolute Gasteiger partial charge is 0.221 e. The molecular weight excluding hydrogens is 226 g/mol. The molecule has 0 spiro atoms. The van der Waals surface area contributed by atoms with Gasteiger partial charge in [-0.1, -0.05) is 26.2 Å². The van der Waals surface area contributed by atoms with Crippen molar-refractivity contribution in [2.45, 2.75) is 46.0 Å². The molecule has 4 nitrogen and oxygen atoms in total. The second kappa shape index (κ2) is 6.57. The Labute approximate surface area is 109 Å². The lowest BCUT2D eigenvalue weighted by atomic mass is 9.83. The Kier molecular flexibility index (Phi) is 4.79. The van der Waals surface area contributed by atoms with Crippen LogP contribution in [0.5, 0.6) is 5.88 Å². The van der Waals surface area contributed by atoms with E-state index in [4.69, 9.17) is 4.74 Å². The first-order chi connectivity index (χ1) is 8.85. The zero-order valence-corrected chi connectivity index (χ0v) is 11.4. The first kappa shape index (κ1) is 13.1. The Morgan fingerprint density at radius 1 is 1.33 bits per heavy atom. The van der Waals surface area contributed by atoms with E-state index in [2.05, 4.69) is 29.1 Å². The van der Waals surface area contributed by atoms with Gasteiger partial charge in [0.2, 0.25) is 5.88 Å². The van der Waals surface area contributed by atoms with E-state index in [0.29, 0.717) is 0 Å². The van der Waals surface area contributed by atoms with E-state index in [-0.39, 0.29) is 0 Å². The van der Waals surface area contributed by atoms with Crippen LogP contribution in [0.1, 0.15) is 45.1 Å². The molecule has 1 saturated carbocycles. The zero-order chi connectivity index (χ0) is 12.8. The molecule has 1 N–H and O–H groups in total. The quantitative estimate of drug-likeness (QED) is 0.807. The van der Waals surface area contributed by atoms with Crippen molar-refractivity contribution in [1.82, 2.24) is 9.97 Å². The van der Waals surface area contributed by atoms with E-state index in [1.54, 1.807) is 6.33 Å². The molecular formula is C14H23N3O. The highest BCUT2D eigenvalue weighted by Gasteiger charge is 2.17. The third-order valence-corrected chi connectivity index (χ3v) is 3.59. The normalized spacial score (nSPS) is 15.2.